The Morgan fingerprint density at radius 3 is 2.50 bits per heavy atom. The van der Waals surface area contributed by atoms with Crippen LogP contribution in [0, 0.1) is 18.6 Å². The number of aromatic nitrogens is 4. The van der Waals surface area contributed by atoms with E-state index in [4.69, 9.17) is 10.5 Å². The first-order chi connectivity index (χ1) is 13.5. The number of nitrogens with zero attached hydrogens (tertiary/aromatic N) is 4. The molecule has 0 amide bonds. The first-order valence-electron chi connectivity index (χ1n) is 8.35. The summed E-state index contributed by atoms with van der Waals surface area (Å²) in [6.45, 7) is 1.72. The van der Waals surface area contributed by atoms with Crippen molar-refractivity contribution in [1.29, 1.82) is 0 Å². The van der Waals surface area contributed by atoms with Crippen molar-refractivity contribution in [3.63, 3.8) is 0 Å². The molecular formula is C19H16F2N6O. The van der Waals surface area contributed by atoms with E-state index in [9.17, 15) is 8.78 Å². The Morgan fingerprint density at radius 1 is 1.04 bits per heavy atom. The molecule has 2 heterocycles. The van der Waals surface area contributed by atoms with Gasteiger partial charge < -0.3 is 15.8 Å². The van der Waals surface area contributed by atoms with Crippen LogP contribution < -0.4 is 15.8 Å². The molecule has 0 fully saturated rings. The molecule has 0 saturated carbocycles. The number of rotatable bonds is 4. The minimum Gasteiger partial charge on any atom is -0.497 e. The second-order valence-corrected chi connectivity index (χ2v) is 6.05. The largest absolute Gasteiger partial charge is 0.497 e. The highest BCUT2D eigenvalue weighted by molar-refractivity contribution is 5.78. The number of nitrogens with one attached hydrogen (secondary N) is 1. The van der Waals surface area contributed by atoms with Crippen molar-refractivity contribution in [2.45, 2.75) is 6.92 Å². The molecule has 0 atom stereocenters. The molecule has 0 aliphatic carbocycles. The average molecular weight is 382 g/mol. The summed E-state index contributed by atoms with van der Waals surface area (Å²) in [5, 5.41) is 2.89. The van der Waals surface area contributed by atoms with E-state index in [1.807, 2.05) is 0 Å². The smallest absolute Gasteiger partial charge is 0.239 e. The van der Waals surface area contributed by atoms with Crippen LogP contribution in [0.25, 0.3) is 17.0 Å². The number of nitrogen functional groups attached to an aromatic ring is 1. The van der Waals surface area contributed by atoms with Gasteiger partial charge in [-0.05, 0) is 43.3 Å². The van der Waals surface area contributed by atoms with Crippen molar-refractivity contribution in [2.75, 3.05) is 18.2 Å². The molecule has 142 valence electrons. The second kappa shape index (κ2) is 6.76. The van der Waals surface area contributed by atoms with Crippen LogP contribution in [0.15, 0.2) is 42.5 Å². The van der Waals surface area contributed by atoms with E-state index in [0.717, 1.165) is 0 Å². The number of nitrogens with two attached hydrogens (primary N) is 1. The lowest BCUT2D eigenvalue weighted by Gasteiger charge is -2.12. The highest BCUT2D eigenvalue weighted by atomic mass is 19.1. The van der Waals surface area contributed by atoms with Gasteiger partial charge in [0.15, 0.2) is 11.6 Å². The molecule has 9 heteroatoms. The summed E-state index contributed by atoms with van der Waals surface area (Å²) >= 11 is 0. The van der Waals surface area contributed by atoms with Gasteiger partial charge in [0.2, 0.25) is 11.8 Å². The zero-order chi connectivity index (χ0) is 19.8. The summed E-state index contributed by atoms with van der Waals surface area (Å²) in [5.74, 6) is -0.267. The second-order valence-electron chi connectivity index (χ2n) is 6.05. The standard InChI is InChI=1S/C19H16F2N6O/c1-10-23-14-9-11(20)3-8-15(14)27(10)19-25-17(22)16(21)18(26-19)24-12-4-6-13(28-2)7-5-12/h3-9H,1-2H3,(H3,22,24,25,26). The Hall–Kier alpha value is -3.75. The maximum atomic E-state index is 14.5. The average Bonchev–Trinajstić information content (AvgIpc) is 3.00. The molecule has 0 radical (unpaired) electrons. The van der Waals surface area contributed by atoms with Gasteiger partial charge in [0, 0.05) is 11.8 Å². The van der Waals surface area contributed by atoms with E-state index in [0.29, 0.717) is 28.3 Å². The monoisotopic (exact) mass is 382 g/mol. The molecule has 0 aliphatic rings. The predicted molar refractivity (Wildman–Crippen MR) is 102 cm³/mol. The molecule has 7 nitrogen and oxygen atoms in total. The lowest BCUT2D eigenvalue weighted by Crippen LogP contribution is -2.10. The third kappa shape index (κ3) is 3.07. The fraction of sp³-hybridized carbons (Fsp3) is 0.105. The fourth-order valence-corrected chi connectivity index (χ4v) is 2.87. The number of aryl methyl sites for hydroxylation is 1. The number of methoxy groups -OCH3 is 1. The van der Waals surface area contributed by atoms with Gasteiger partial charge >= 0.3 is 0 Å². The zero-order valence-corrected chi connectivity index (χ0v) is 15.1. The van der Waals surface area contributed by atoms with Crippen LogP contribution in [0.5, 0.6) is 5.75 Å². The van der Waals surface area contributed by atoms with Crippen LogP contribution in [0.1, 0.15) is 5.82 Å². The van der Waals surface area contributed by atoms with E-state index in [2.05, 4.69) is 20.3 Å². The number of ether oxygens (including phenoxy) is 1. The molecule has 0 unspecified atom stereocenters. The first-order valence-corrected chi connectivity index (χ1v) is 8.35. The number of fused-ring (bicyclic) bond motifs is 1. The highest BCUT2D eigenvalue weighted by Crippen LogP contribution is 2.26. The molecule has 0 aliphatic heterocycles. The lowest BCUT2D eigenvalue weighted by molar-refractivity contribution is 0.415. The van der Waals surface area contributed by atoms with Gasteiger partial charge in [0.25, 0.3) is 0 Å². The number of halogens is 2. The van der Waals surface area contributed by atoms with Crippen LogP contribution >= 0.6 is 0 Å². The van der Waals surface area contributed by atoms with Crippen LogP contribution in [-0.4, -0.2) is 26.6 Å². The number of hydrogen-bond acceptors (Lipinski definition) is 6. The van der Waals surface area contributed by atoms with E-state index in [1.165, 1.54) is 12.1 Å². The quantitative estimate of drug-likeness (QED) is 0.559. The topological polar surface area (TPSA) is 90.9 Å². The Balaban J connectivity index is 1.80. The van der Waals surface area contributed by atoms with Crippen LogP contribution in [0.2, 0.25) is 0 Å². The molecule has 4 aromatic rings. The van der Waals surface area contributed by atoms with Crippen LogP contribution in [0.4, 0.5) is 26.1 Å². The van der Waals surface area contributed by atoms with Gasteiger partial charge in [-0.15, -0.1) is 0 Å². The summed E-state index contributed by atoms with van der Waals surface area (Å²) in [4.78, 5) is 12.6. The normalized spacial score (nSPS) is 11.0. The Morgan fingerprint density at radius 2 is 1.79 bits per heavy atom. The van der Waals surface area contributed by atoms with Gasteiger partial charge in [-0.3, -0.25) is 4.57 Å². The molecule has 28 heavy (non-hydrogen) atoms. The van der Waals surface area contributed by atoms with Gasteiger partial charge in [-0.1, -0.05) is 0 Å². The van der Waals surface area contributed by atoms with Crippen molar-refractivity contribution in [3.8, 4) is 11.7 Å². The molecule has 0 bridgehead atoms. The summed E-state index contributed by atoms with van der Waals surface area (Å²) in [7, 11) is 1.56. The van der Waals surface area contributed by atoms with E-state index in [-0.39, 0.29) is 17.6 Å². The van der Waals surface area contributed by atoms with Crippen molar-refractivity contribution >= 4 is 28.4 Å². The van der Waals surface area contributed by atoms with Crippen molar-refractivity contribution < 1.29 is 13.5 Å². The van der Waals surface area contributed by atoms with Gasteiger partial charge in [0.1, 0.15) is 17.4 Å². The summed E-state index contributed by atoms with van der Waals surface area (Å²) in [6, 6.07) is 11.1. The van der Waals surface area contributed by atoms with Crippen LogP contribution in [0.3, 0.4) is 0 Å². The minimum absolute atomic E-state index is 0.0870. The number of hydrogen-bond donors (Lipinski definition) is 2. The summed E-state index contributed by atoms with van der Waals surface area (Å²) in [5.41, 5.74) is 7.38. The highest BCUT2D eigenvalue weighted by Gasteiger charge is 2.18. The van der Waals surface area contributed by atoms with Gasteiger partial charge in [0.05, 0.1) is 18.1 Å². The van der Waals surface area contributed by atoms with Crippen molar-refractivity contribution in [3.05, 3.63) is 59.9 Å². The van der Waals surface area contributed by atoms with E-state index in [1.54, 1.807) is 48.9 Å². The fourth-order valence-electron chi connectivity index (χ4n) is 2.87. The van der Waals surface area contributed by atoms with E-state index >= 15 is 0 Å². The third-order valence-corrected chi connectivity index (χ3v) is 4.20. The van der Waals surface area contributed by atoms with Gasteiger partial charge in [-0.25, -0.2) is 9.37 Å². The molecule has 3 N–H and O–H groups in total. The molecule has 2 aromatic heterocycles. The molecule has 4 rings (SSSR count). The molecule has 0 saturated heterocycles. The minimum atomic E-state index is -0.771. The molecule has 2 aromatic carbocycles. The molecule has 0 spiro atoms. The summed E-state index contributed by atoms with van der Waals surface area (Å²) < 4.78 is 34.7. The van der Waals surface area contributed by atoms with Crippen LogP contribution in [-0.2, 0) is 0 Å². The van der Waals surface area contributed by atoms with Crippen molar-refractivity contribution in [2.24, 2.45) is 0 Å². The molecular weight excluding hydrogens is 366 g/mol. The van der Waals surface area contributed by atoms with Gasteiger partial charge in [-0.2, -0.15) is 14.4 Å². The zero-order valence-electron chi connectivity index (χ0n) is 15.1. The summed E-state index contributed by atoms with van der Waals surface area (Å²) in [6.07, 6.45) is 0. The number of benzene rings is 2. The lowest BCUT2D eigenvalue weighted by atomic mass is 10.3. The van der Waals surface area contributed by atoms with E-state index < -0.39 is 11.6 Å². The Labute approximate surface area is 158 Å². The number of imidazole rings is 1. The SMILES string of the molecule is COc1ccc(Nc2nc(-n3c(C)nc4cc(F)ccc43)nc(N)c2F)cc1. The van der Waals surface area contributed by atoms with Crippen molar-refractivity contribution in [1.82, 2.24) is 19.5 Å². The number of anilines is 3. The Kier molecular flexibility index (Phi) is 4.26. The predicted octanol–water partition coefficient (Wildman–Crippen LogP) is 3.74. The first kappa shape index (κ1) is 17.7. The Bertz CT molecular complexity index is 1170. The third-order valence-electron chi connectivity index (χ3n) is 4.20. The maximum absolute atomic E-state index is 14.5. The maximum Gasteiger partial charge on any atom is 0.239 e.